The minimum absolute atomic E-state index is 0.451. The molecular weight excluding hydrogens is 327 g/mol. The molecule has 0 aliphatic rings. The Morgan fingerprint density at radius 1 is 1.53 bits per heavy atom. The molecule has 0 radical (unpaired) electrons. The van der Waals surface area contributed by atoms with E-state index in [1.54, 1.807) is 0 Å². The molecule has 1 heterocycles. The van der Waals surface area contributed by atoms with Gasteiger partial charge < -0.3 is 9.67 Å². The number of imidazole rings is 1. The van der Waals surface area contributed by atoms with E-state index in [-0.39, 0.29) is 0 Å². The SMILES string of the molecule is Cc1nc2cc([C@@H](O)C/C=C/I)ccc2n1C. The summed E-state index contributed by atoms with van der Waals surface area (Å²) in [5, 5.41) is 10.00. The molecule has 1 aromatic heterocycles. The quantitative estimate of drug-likeness (QED) is 0.870. The van der Waals surface area contributed by atoms with Crippen LogP contribution in [0.4, 0.5) is 0 Å². The first-order valence-electron chi connectivity index (χ1n) is 5.49. The zero-order chi connectivity index (χ0) is 12.4. The van der Waals surface area contributed by atoms with Gasteiger partial charge in [-0.1, -0.05) is 34.7 Å². The van der Waals surface area contributed by atoms with E-state index in [2.05, 4.69) is 32.1 Å². The first kappa shape index (κ1) is 12.6. The summed E-state index contributed by atoms with van der Waals surface area (Å²) in [5.41, 5.74) is 2.97. The standard InChI is InChI=1S/C13H15IN2O/c1-9-15-11-8-10(13(17)4-3-7-14)5-6-12(11)16(9)2/h3,5-8,13,17H,4H2,1-2H3/b7-3+/t13-/m0/s1. The Balaban J connectivity index is 2.37. The van der Waals surface area contributed by atoms with E-state index >= 15 is 0 Å². The number of hydrogen-bond acceptors (Lipinski definition) is 2. The fourth-order valence-electron chi connectivity index (χ4n) is 1.86. The van der Waals surface area contributed by atoms with Crippen molar-refractivity contribution < 1.29 is 5.11 Å². The van der Waals surface area contributed by atoms with Crippen molar-refractivity contribution in [1.82, 2.24) is 9.55 Å². The molecule has 0 saturated carbocycles. The number of halogens is 1. The lowest BCUT2D eigenvalue weighted by atomic mass is 10.1. The van der Waals surface area contributed by atoms with E-state index in [1.165, 1.54) is 0 Å². The highest BCUT2D eigenvalue weighted by atomic mass is 127. The van der Waals surface area contributed by atoms with Crippen LogP contribution in [-0.2, 0) is 7.05 Å². The average molecular weight is 342 g/mol. The number of nitrogens with zero attached hydrogens (tertiary/aromatic N) is 2. The van der Waals surface area contributed by atoms with Crippen LogP contribution < -0.4 is 0 Å². The molecule has 0 amide bonds. The highest BCUT2D eigenvalue weighted by Gasteiger charge is 2.09. The van der Waals surface area contributed by atoms with Crippen LogP contribution in [0.1, 0.15) is 23.9 Å². The minimum Gasteiger partial charge on any atom is -0.388 e. The Hall–Kier alpha value is -0.880. The lowest BCUT2D eigenvalue weighted by Gasteiger charge is -2.08. The van der Waals surface area contributed by atoms with Crippen molar-refractivity contribution >= 4 is 33.6 Å². The number of aryl methyl sites for hydroxylation is 2. The molecule has 2 aromatic rings. The third kappa shape index (κ3) is 2.52. The first-order valence-corrected chi connectivity index (χ1v) is 6.74. The third-order valence-corrected chi connectivity index (χ3v) is 3.47. The molecule has 17 heavy (non-hydrogen) atoms. The Morgan fingerprint density at radius 2 is 2.29 bits per heavy atom. The van der Waals surface area contributed by atoms with Crippen LogP contribution in [-0.4, -0.2) is 14.7 Å². The van der Waals surface area contributed by atoms with Gasteiger partial charge in [0.15, 0.2) is 0 Å². The molecule has 0 unspecified atom stereocenters. The molecule has 0 fully saturated rings. The van der Waals surface area contributed by atoms with Gasteiger partial charge in [0.2, 0.25) is 0 Å². The van der Waals surface area contributed by atoms with E-state index in [0.29, 0.717) is 6.42 Å². The Labute approximate surface area is 114 Å². The smallest absolute Gasteiger partial charge is 0.106 e. The Morgan fingerprint density at radius 3 is 3.00 bits per heavy atom. The lowest BCUT2D eigenvalue weighted by molar-refractivity contribution is 0.182. The van der Waals surface area contributed by atoms with Gasteiger partial charge >= 0.3 is 0 Å². The molecule has 0 spiro atoms. The van der Waals surface area contributed by atoms with Gasteiger partial charge in [-0.2, -0.15) is 0 Å². The third-order valence-electron chi connectivity index (χ3n) is 2.96. The zero-order valence-electron chi connectivity index (χ0n) is 9.89. The van der Waals surface area contributed by atoms with Crippen molar-refractivity contribution in [2.45, 2.75) is 19.4 Å². The fraction of sp³-hybridized carbons (Fsp3) is 0.308. The molecule has 1 atom stereocenters. The lowest BCUT2D eigenvalue weighted by Crippen LogP contribution is -1.95. The van der Waals surface area contributed by atoms with E-state index in [4.69, 9.17) is 0 Å². The van der Waals surface area contributed by atoms with Gasteiger partial charge in [-0.25, -0.2) is 4.98 Å². The van der Waals surface area contributed by atoms with Crippen molar-refractivity contribution in [2.24, 2.45) is 7.05 Å². The normalized spacial score (nSPS) is 13.6. The van der Waals surface area contributed by atoms with Crippen molar-refractivity contribution in [3.63, 3.8) is 0 Å². The second-order valence-electron chi connectivity index (χ2n) is 4.08. The summed E-state index contributed by atoms with van der Waals surface area (Å²) < 4.78 is 3.97. The van der Waals surface area contributed by atoms with Crippen LogP contribution in [0.2, 0.25) is 0 Å². The monoisotopic (exact) mass is 342 g/mol. The molecular formula is C13H15IN2O. The largest absolute Gasteiger partial charge is 0.388 e. The molecule has 2 rings (SSSR count). The maximum Gasteiger partial charge on any atom is 0.106 e. The van der Waals surface area contributed by atoms with Crippen LogP contribution in [0.25, 0.3) is 11.0 Å². The summed E-state index contributed by atoms with van der Waals surface area (Å²) in [6.45, 7) is 1.98. The number of aliphatic hydroxyl groups excluding tert-OH is 1. The summed E-state index contributed by atoms with van der Waals surface area (Å²) in [6, 6.07) is 5.95. The van der Waals surface area contributed by atoms with E-state index in [0.717, 1.165) is 22.4 Å². The number of hydrogen-bond donors (Lipinski definition) is 1. The molecule has 0 saturated heterocycles. The van der Waals surface area contributed by atoms with Gasteiger partial charge in [0.25, 0.3) is 0 Å². The highest BCUT2D eigenvalue weighted by molar-refractivity contribution is 14.1. The van der Waals surface area contributed by atoms with Crippen molar-refractivity contribution in [3.8, 4) is 0 Å². The summed E-state index contributed by atoms with van der Waals surface area (Å²) in [6.07, 6.45) is 2.15. The summed E-state index contributed by atoms with van der Waals surface area (Å²) in [4.78, 5) is 4.47. The van der Waals surface area contributed by atoms with Crippen molar-refractivity contribution in [1.29, 1.82) is 0 Å². The first-order chi connectivity index (χ1) is 8.13. The molecule has 0 bridgehead atoms. The predicted molar refractivity (Wildman–Crippen MR) is 78.2 cm³/mol. The van der Waals surface area contributed by atoms with Crippen LogP contribution in [0.3, 0.4) is 0 Å². The molecule has 0 aliphatic carbocycles. The van der Waals surface area contributed by atoms with Crippen molar-refractivity contribution in [3.05, 3.63) is 39.7 Å². The van der Waals surface area contributed by atoms with Crippen LogP contribution in [0.5, 0.6) is 0 Å². The van der Waals surface area contributed by atoms with Gasteiger partial charge in [-0.3, -0.25) is 0 Å². The summed E-state index contributed by atoms with van der Waals surface area (Å²) in [5.74, 6) is 0.985. The Kier molecular flexibility index (Phi) is 3.83. The van der Waals surface area contributed by atoms with E-state index < -0.39 is 6.10 Å². The second kappa shape index (κ2) is 5.18. The zero-order valence-corrected chi connectivity index (χ0v) is 12.0. The number of rotatable bonds is 3. The van der Waals surface area contributed by atoms with Crippen LogP contribution >= 0.6 is 22.6 Å². The molecule has 1 N–H and O–H groups in total. The van der Waals surface area contributed by atoms with Crippen molar-refractivity contribution in [2.75, 3.05) is 0 Å². The molecule has 3 nitrogen and oxygen atoms in total. The maximum atomic E-state index is 10.00. The topological polar surface area (TPSA) is 38.1 Å². The fourth-order valence-corrected chi connectivity index (χ4v) is 2.15. The van der Waals surface area contributed by atoms with Gasteiger partial charge in [0.1, 0.15) is 5.82 Å². The van der Waals surface area contributed by atoms with Gasteiger partial charge in [-0.15, -0.1) is 0 Å². The molecule has 90 valence electrons. The van der Waals surface area contributed by atoms with Gasteiger partial charge in [0.05, 0.1) is 17.1 Å². The number of aliphatic hydroxyl groups is 1. The van der Waals surface area contributed by atoms with E-state index in [9.17, 15) is 5.11 Å². The number of fused-ring (bicyclic) bond motifs is 1. The maximum absolute atomic E-state index is 10.00. The molecule has 0 aliphatic heterocycles. The highest BCUT2D eigenvalue weighted by Crippen LogP contribution is 2.22. The summed E-state index contributed by atoms with van der Waals surface area (Å²) >= 11 is 2.15. The second-order valence-corrected chi connectivity index (χ2v) is 4.80. The van der Waals surface area contributed by atoms with Gasteiger partial charge in [-0.05, 0) is 35.1 Å². The molecule has 1 aromatic carbocycles. The average Bonchev–Trinajstić information content (AvgIpc) is 2.61. The van der Waals surface area contributed by atoms with Crippen LogP contribution in [0, 0.1) is 6.92 Å². The van der Waals surface area contributed by atoms with Crippen LogP contribution in [0.15, 0.2) is 28.4 Å². The predicted octanol–water partition coefficient (Wildman–Crippen LogP) is 3.25. The van der Waals surface area contributed by atoms with E-state index in [1.807, 2.05) is 42.3 Å². The number of aromatic nitrogens is 2. The number of benzene rings is 1. The Bertz CT molecular complexity index is 560. The van der Waals surface area contributed by atoms with Gasteiger partial charge in [0, 0.05) is 7.05 Å². The minimum atomic E-state index is -0.451. The molecule has 4 heteroatoms. The summed E-state index contributed by atoms with van der Waals surface area (Å²) in [7, 11) is 2.00.